The highest BCUT2D eigenvalue weighted by atomic mass is 16.7. The summed E-state index contributed by atoms with van der Waals surface area (Å²) in [6.07, 6.45) is -0.603. The van der Waals surface area contributed by atoms with Crippen molar-refractivity contribution in [2.75, 3.05) is 6.61 Å². The number of ether oxygens (including phenoxy) is 2. The third-order valence-electron chi connectivity index (χ3n) is 14.4. The zero-order chi connectivity index (χ0) is 33.5. The molecular formula is C36H62O9. The molecule has 0 bridgehead atoms. The number of hydrogen-bond donors (Lipinski definition) is 7. The predicted octanol–water partition coefficient (Wildman–Crippen LogP) is 3.30. The molecule has 0 aromatic rings. The summed E-state index contributed by atoms with van der Waals surface area (Å²) >= 11 is 0. The van der Waals surface area contributed by atoms with Crippen molar-refractivity contribution < 1.29 is 45.2 Å². The van der Waals surface area contributed by atoms with E-state index in [4.69, 9.17) is 9.47 Å². The lowest BCUT2D eigenvalue weighted by Crippen LogP contribution is -2.71. The van der Waals surface area contributed by atoms with Gasteiger partial charge in [0, 0.05) is 0 Å². The molecule has 16 atom stereocenters. The molecule has 1 saturated heterocycles. The van der Waals surface area contributed by atoms with Gasteiger partial charge in [-0.2, -0.15) is 0 Å². The molecule has 2 unspecified atom stereocenters. The molecule has 260 valence electrons. The van der Waals surface area contributed by atoms with Crippen LogP contribution in [-0.2, 0) is 9.47 Å². The molecule has 0 aromatic carbocycles. The lowest BCUT2D eigenvalue weighted by atomic mass is 9.34. The van der Waals surface area contributed by atoms with E-state index in [2.05, 4.69) is 54.5 Å². The van der Waals surface area contributed by atoms with Crippen molar-refractivity contribution in [1.29, 1.82) is 0 Å². The van der Waals surface area contributed by atoms with E-state index in [-0.39, 0.29) is 39.9 Å². The molecule has 5 aliphatic rings. The zero-order valence-corrected chi connectivity index (χ0v) is 28.8. The number of aliphatic hydroxyl groups is 7. The third kappa shape index (κ3) is 5.48. The molecule has 1 aliphatic heterocycles. The van der Waals surface area contributed by atoms with Crippen molar-refractivity contribution in [1.82, 2.24) is 0 Å². The van der Waals surface area contributed by atoms with Crippen LogP contribution in [0.2, 0.25) is 0 Å². The second-order valence-corrected chi connectivity index (χ2v) is 17.5. The molecule has 1 heterocycles. The molecule has 45 heavy (non-hydrogen) atoms. The summed E-state index contributed by atoms with van der Waals surface area (Å²) in [6.45, 7) is 16.6. The standard InChI is InChI=1S/C36H62O9/c1-19(2)10-9-13-36(8,43)20-11-15-34(6)26(20)21(38)16-24-33(5)14-12-25(39)32(3,4)30(33)22(17-35(24,34)7)44-31-29(42)28(41)27(40)23(18-37)45-31/h10,20-31,37-43H,9,11-18H2,1-8H3/t20-,21+,22-,23+,24+,25?,26-,27+,28-,29+,30-,31+,33+,34+,35+,36?/m0/s1. The van der Waals surface area contributed by atoms with E-state index in [0.29, 0.717) is 25.7 Å². The predicted molar refractivity (Wildman–Crippen MR) is 170 cm³/mol. The molecular weight excluding hydrogens is 576 g/mol. The van der Waals surface area contributed by atoms with Crippen LogP contribution < -0.4 is 0 Å². The van der Waals surface area contributed by atoms with Gasteiger partial charge in [0.15, 0.2) is 6.29 Å². The Bertz CT molecular complexity index is 1100. The fourth-order valence-electron chi connectivity index (χ4n) is 11.9. The average molecular weight is 639 g/mol. The monoisotopic (exact) mass is 638 g/mol. The van der Waals surface area contributed by atoms with Crippen molar-refractivity contribution in [2.45, 2.75) is 161 Å². The Hall–Kier alpha value is -0.620. The molecule has 9 nitrogen and oxygen atoms in total. The van der Waals surface area contributed by atoms with Gasteiger partial charge in [-0.25, -0.2) is 0 Å². The van der Waals surface area contributed by atoms with Crippen molar-refractivity contribution in [2.24, 2.45) is 45.3 Å². The number of allylic oxidation sites excluding steroid dienone is 2. The largest absolute Gasteiger partial charge is 0.394 e. The first kappa shape index (κ1) is 35.7. The van der Waals surface area contributed by atoms with Crippen molar-refractivity contribution in [3.8, 4) is 0 Å². The summed E-state index contributed by atoms with van der Waals surface area (Å²) in [4.78, 5) is 0. The van der Waals surface area contributed by atoms with Gasteiger partial charge in [-0.1, -0.05) is 46.3 Å². The fraction of sp³-hybridized carbons (Fsp3) is 0.944. The van der Waals surface area contributed by atoms with Gasteiger partial charge in [0.25, 0.3) is 0 Å². The minimum absolute atomic E-state index is 0.0548. The lowest BCUT2D eigenvalue weighted by molar-refractivity contribution is -0.346. The first-order valence-corrected chi connectivity index (χ1v) is 17.4. The Morgan fingerprint density at radius 3 is 2.22 bits per heavy atom. The highest BCUT2D eigenvalue weighted by Crippen LogP contribution is 2.76. The van der Waals surface area contributed by atoms with Crippen molar-refractivity contribution >= 4 is 0 Å². The SMILES string of the molecule is CC(C)=CCCC(C)(O)[C@H]1CC[C@]2(C)[C@@H]1[C@H](O)C[C@@H]1[C@@]3(C)CCC(O)C(C)(C)[C@@H]3[C@@H](O[C@@H]3O[C@H](CO)[C@@H](O)[C@H](O)[C@H]3O)C[C@]12C. The molecule has 7 N–H and O–H groups in total. The second-order valence-electron chi connectivity index (χ2n) is 17.5. The summed E-state index contributed by atoms with van der Waals surface area (Å²) in [6, 6.07) is 0. The maximum Gasteiger partial charge on any atom is 0.186 e. The summed E-state index contributed by atoms with van der Waals surface area (Å²) in [7, 11) is 0. The first-order chi connectivity index (χ1) is 20.8. The van der Waals surface area contributed by atoms with Crippen LogP contribution >= 0.6 is 0 Å². The minimum atomic E-state index is -1.54. The number of fused-ring (bicyclic) bond motifs is 5. The molecule has 5 fully saturated rings. The van der Waals surface area contributed by atoms with E-state index < -0.39 is 66.6 Å². The number of hydrogen-bond acceptors (Lipinski definition) is 9. The van der Waals surface area contributed by atoms with E-state index >= 15 is 0 Å². The fourth-order valence-corrected chi connectivity index (χ4v) is 11.9. The van der Waals surface area contributed by atoms with E-state index in [1.165, 1.54) is 5.57 Å². The summed E-state index contributed by atoms with van der Waals surface area (Å²) in [5.41, 5.74) is -1.21. The maximum atomic E-state index is 12.1. The lowest BCUT2D eigenvalue weighted by Gasteiger charge is -2.72. The highest BCUT2D eigenvalue weighted by molar-refractivity contribution is 5.22. The van der Waals surface area contributed by atoms with Gasteiger partial charge in [0.1, 0.15) is 24.4 Å². The van der Waals surface area contributed by atoms with Gasteiger partial charge in [0.2, 0.25) is 0 Å². The molecule has 5 rings (SSSR count). The van der Waals surface area contributed by atoms with Crippen LogP contribution in [0.3, 0.4) is 0 Å². The summed E-state index contributed by atoms with van der Waals surface area (Å²) in [5, 5.41) is 77.2. The second kappa shape index (κ2) is 12.1. The Balaban J connectivity index is 1.54. The molecule has 0 amide bonds. The van der Waals surface area contributed by atoms with Gasteiger partial charge in [-0.15, -0.1) is 0 Å². The molecule has 9 heteroatoms. The van der Waals surface area contributed by atoms with Crippen molar-refractivity contribution in [3.63, 3.8) is 0 Å². The van der Waals surface area contributed by atoms with Crippen LogP contribution in [-0.4, -0.2) is 97.0 Å². The van der Waals surface area contributed by atoms with E-state index in [0.717, 1.165) is 25.7 Å². The van der Waals surface area contributed by atoms with Gasteiger partial charge >= 0.3 is 0 Å². The molecule has 0 radical (unpaired) electrons. The first-order valence-electron chi connectivity index (χ1n) is 17.4. The topological polar surface area (TPSA) is 160 Å². The Morgan fingerprint density at radius 1 is 0.933 bits per heavy atom. The van der Waals surface area contributed by atoms with Gasteiger partial charge in [0.05, 0.1) is 30.5 Å². The van der Waals surface area contributed by atoms with Crippen LogP contribution in [0.5, 0.6) is 0 Å². The highest BCUT2D eigenvalue weighted by Gasteiger charge is 2.73. The van der Waals surface area contributed by atoms with Gasteiger partial charge in [-0.05, 0) is 117 Å². The molecule has 0 aromatic heterocycles. The summed E-state index contributed by atoms with van der Waals surface area (Å²) < 4.78 is 12.6. The van der Waals surface area contributed by atoms with E-state index in [1.807, 2.05) is 6.92 Å². The summed E-state index contributed by atoms with van der Waals surface area (Å²) in [5.74, 6) is -0.186. The smallest absolute Gasteiger partial charge is 0.186 e. The normalized spacial score (nSPS) is 52.2. The van der Waals surface area contributed by atoms with Crippen LogP contribution in [0.4, 0.5) is 0 Å². The third-order valence-corrected chi connectivity index (χ3v) is 14.4. The van der Waals surface area contributed by atoms with Crippen LogP contribution in [0, 0.1) is 45.3 Å². The van der Waals surface area contributed by atoms with E-state index in [9.17, 15) is 35.7 Å². The Kier molecular flexibility index (Phi) is 9.56. The Labute approximate surface area is 270 Å². The molecule has 4 saturated carbocycles. The van der Waals surface area contributed by atoms with Crippen LogP contribution in [0.1, 0.15) is 107 Å². The average Bonchev–Trinajstić information content (AvgIpc) is 3.33. The number of rotatable bonds is 7. The van der Waals surface area contributed by atoms with Crippen molar-refractivity contribution in [3.05, 3.63) is 11.6 Å². The van der Waals surface area contributed by atoms with Crippen LogP contribution in [0.25, 0.3) is 0 Å². The molecule has 4 aliphatic carbocycles. The van der Waals surface area contributed by atoms with E-state index in [1.54, 1.807) is 0 Å². The molecule has 0 spiro atoms. The maximum absolute atomic E-state index is 12.1. The quantitative estimate of drug-likeness (QED) is 0.164. The Morgan fingerprint density at radius 2 is 1.60 bits per heavy atom. The van der Waals surface area contributed by atoms with Crippen LogP contribution in [0.15, 0.2) is 11.6 Å². The zero-order valence-electron chi connectivity index (χ0n) is 28.8. The van der Waals surface area contributed by atoms with Gasteiger partial charge in [-0.3, -0.25) is 0 Å². The minimum Gasteiger partial charge on any atom is -0.394 e. The van der Waals surface area contributed by atoms with Gasteiger partial charge < -0.3 is 45.2 Å². The number of aliphatic hydroxyl groups excluding tert-OH is 6.